The van der Waals surface area contributed by atoms with E-state index in [9.17, 15) is 13.2 Å². The fourth-order valence-electron chi connectivity index (χ4n) is 2.85. The minimum atomic E-state index is -3.67. The summed E-state index contributed by atoms with van der Waals surface area (Å²) in [5.41, 5.74) is 0.184. The highest BCUT2D eigenvalue weighted by atomic mass is 35.5. The number of rotatable bonds is 8. The van der Waals surface area contributed by atoms with E-state index < -0.39 is 10.0 Å². The van der Waals surface area contributed by atoms with Crippen molar-refractivity contribution in [3.05, 3.63) is 28.8 Å². The molecule has 2 rings (SSSR count). The highest BCUT2D eigenvalue weighted by Crippen LogP contribution is 2.24. The van der Waals surface area contributed by atoms with E-state index in [1.165, 1.54) is 22.5 Å². The number of carbonyl (C=O) groups is 1. The number of benzene rings is 1. The van der Waals surface area contributed by atoms with Gasteiger partial charge in [-0.3, -0.25) is 4.79 Å². The maximum absolute atomic E-state index is 12.8. The number of carbonyl (C=O) groups excluding carboxylic acids is 1. The largest absolute Gasteiger partial charge is 0.379 e. The summed E-state index contributed by atoms with van der Waals surface area (Å²) in [6.07, 6.45) is 4.16. The van der Waals surface area contributed by atoms with Crippen molar-refractivity contribution < 1.29 is 17.9 Å². The van der Waals surface area contributed by atoms with Gasteiger partial charge in [0, 0.05) is 19.1 Å². The van der Waals surface area contributed by atoms with Crippen molar-refractivity contribution >= 4 is 27.5 Å². The number of ether oxygens (including phenoxy) is 1. The lowest BCUT2D eigenvalue weighted by Crippen LogP contribution is -2.40. The van der Waals surface area contributed by atoms with Crippen LogP contribution in [0.15, 0.2) is 23.1 Å². The summed E-state index contributed by atoms with van der Waals surface area (Å²) in [4.78, 5) is 12.6. The van der Waals surface area contributed by atoms with Gasteiger partial charge in [0.2, 0.25) is 10.0 Å². The highest BCUT2D eigenvalue weighted by Gasteiger charge is 2.27. The summed E-state index contributed by atoms with van der Waals surface area (Å²) in [6.45, 7) is 5.42. The van der Waals surface area contributed by atoms with Crippen molar-refractivity contribution in [2.75, 3.05) is 26.3 Å². The van der Waals surface area contributed by atoms with Crippen molar-refractivity contribution in [3.8, 4) is 0 Å². The summed E-state index contributed by atoms with van der Waals surface area (Å²) in [5.74, 6) is -0.349. The lowest BCUT2D eigenvalue weighted by atomic mass is 10.1. The van der Waals surface area contributed by atoms with Crippen molar-refractivity contribution in [2.45, 2.75) is 50.5 Å². The molecule has 0 radical (unpaired) electrons. The molecular weight excluding hydrogens is 376 g/mol. The Morgan fingerprint density at radius 1 is 1.31 bits per heavy atom. The molecule has 0 spiro atoms. The second-order valence-corrected chi connectivity index (χ2v) is 8.87. The Kier molecular flexibility index (Phi) is 7.88. The number of unbranched alkanes of at least 4 members (excludes halogenated alkanes) is 2. The average Bonchev–Trinajstić information content (AvgIpc) is 2.62. The molecule has 1 unspecified atom stereocenters. The van der Waals surface area contributed by atoms with Gasteiger partial charge in [-0.15, -0.1) is 0 Å². The zero-order chi connectivity index (χ0) is 19.2. The van der Waals surface area contributed by atoms with E-state index in [0.29, 0.717) is 26.3 Å². The van der Waals surface area contributed by atoms with E-state index in [0.717, 1.165) is 25.7 Å². The molecule has 1 amide bonds. The standard InChI is InChI=1S/C18H27ClN2O4S/c1-3-4-5-6-14(2)20-18(22)16-13-15(7-8-17(16)19)26(23,24)21-9-11-25-12-10-21/h7-8,13-14H,3-6,9-12H2,1-2H3,(H,20,22). The Morgan fingerprint density at radius 2 is 2.00 bits per heavy atom. The Hall–Kier alpha value is -1.15. The summed E-state index contributed by atoms with van der Waals surface area (Å²) < 4.78 is 32.1. The molecule has 1 fully saturated rings. The monoisotopic (exact) mass is 402 g/mol. The van der Waals surface area contributed by atoms with Crippen LogP contribution in [-0.4, -0.2) is 51.0 Å². The molecule has 1 aromatic rings. The fraction of sp³-hybridized carbons (Fsp3) is 0.611. The van der Waals surface area contributed by atoms with Crippen LogP contribution in [0.1, 0.15) is 49.9 Å². The number of nitrogens with zero attached hydrogens (tertiary/aromatic N) is 1. The Bertz CT molecular complexity index is 718. The van der Waals surface area contributed by atoms with Gasteiger partial charge in [-0.25, -0.2) is 8.42 Å². The molecule has 26 heavy (non-hydrogen) atoms. The number of sulfonamides is 1. The van der Waals surface area contributed by atoms with E-state index in [2.05, 4.69) is 12.2 Å². The van der Waals surface area contributed by atoms with Crippen LogP contribution in [0.25, 0.3) is 0 Å². The number of amides is 1. The van der Waals surface area contributed by atoms with Gasteiger partial charge >= 0.3 is 0 Å². The van der Waals surface area contributed by atoms with Gasteiger partial charge < -0.3 is 10.1 Å². The van der Waals surface area contributed by atoms with E-state index in [-0.39, 0.29) is 27.4 Å². The van der Waals surface area contributed by atoms with Crippen LogP contribution in [0, 0.1) is 0 Å². The first-order valence-electron chi connectivity index (χ1n) is 9.04. The molecule has 1 aromatic carbocycles. The number of hydrogen-bond donors (Lipinski definition) is 1. The van der Waals surface area contributed by atoms with Crippen LogP contribution in [0.3, 0.4) is 0 Å². The summed E-state index contributed by atoms with van der Waals surface area (Å²) in [7, 11) is -3.67. The number of nitrogens with one attached hydrogen (secondary N) is 1. The third-order valence-corrected chi connectivity index (χ3v) is 6.63. The molecule has 0 aliphatic carbocycles. The fourth-order valence-corrected chi connectivity index (χ4v) is 4.49. The van der Waals surface area contributed by atoms with Crippen LogP contribution in [0.5, 0.6) is 0 Å². The molecule has 0 aromatic heterocycles. The lowest BCUT2D eigenvalue weighted by Gasteiger charge is -2.26. The molecule has 1 atom stereocenters. The first kappa shape index (κ1) is 21.2. The minimum Gasteiger partial charge on any atom is -0.379 e. The normalized spacial score (nSPS) is 17.0. The molecule has 0 saturated carbocycles. The summed E-state index contributed by atoms with van der Waals surface area (Å²) in [6, 6.07) is 4.27. The van der Waals surface area contributed by atoms with Gasteiger partial charge in [0.1, 0.15) is 0 Å². The van der Waals surface area contributed by atoms with Crippen LogP contribution in [-0.2, 0) is 14.8 Å². The van der Waals surface area contributed by atoms with Crippen molar-refractivity contribution in [3.63, 3.8) is 0 Å². The zero-order valence-electron chi connectivity index (χ0n) is 15.3. The SMILES string of the molecule is CCCCCC(C)NC(=O)c1cc(S(=O)(=O)N2CCOCC2)ccc1Cl. The molecule has 8 heteroatoms. The Labute approximate surface area is 160 Å². The first-order chi connectivity index (χ1) is 12.4. The molecule has 146 valence electrons. The van der Waals surface area contributed by atoms with Crippen LogP contribution < -0.4 is 5.32 Å². The highest BCUT2D eigenvalue weighted by molar-refractivity contribution is 7.89. The average molecular weight is 403 g/mol. The van der Waals surface area contributed by atoms with Gasteiger partial charge in [0.15, 0.2) is 0 Å². The Morgan fingerprint density at radius 3 is 2.65 bits per heavy atom. The molecule has 1 N–H and O–H groups in total. The molecule has 6 nitrogen and oxygen atoms in total. The van der Waals surface area contributed by atoms with Gasteiger partial charge in [-0.2, -0.15) is 4.31 Å². The quantitative estimate of drug-likeness (QED) is 0.678. The Balaban J connectivity index is 2.14. The van der Waals surface area contributed by atoms with Crippen LogP contribution in [0.4, 0.5) is 0 Å². The summed E-state index contributed by atoms with van der Waals surface area (Å²) in [5, 5.41) is 3.14. The molecular formula is C18H27ClN2O4S. The zero-order valence-corrected chi connectivity index (χ0v) is 16.9. The second kappa shape index (κ2) is 9.69. The van der Waals surface area contributed by atoms with Gasteiger partial charge in [-0.1, -0.05) is 37.8 Å². The second-order valence-electron chi connectivity index (χ2n) is 6.53. The molecule has 1 aliphatic heterocycles. The molecule has 1 saturated heterocycles. The van der Waals surface area contributed by atoms with Gasteiger partial charge in [0.25, 0.3) is 5.91 Å². The summed E-state index contributed by atoms with van der Waals surface area (Å²) >= 11 is 6.15. The molecule has 1 heterocycles. The predicted molar refractivity (Wildman–Crippen MR) is 102 cm³/mol. The van der Waals surface area contributed by atoms with E-state index >= 15 is 0 Å². The minimum absolute atomic E-state index is 0.00428. The maximum atomic E-state index is 12.8. The van der Waals surface area contributed by atoms with Crippen LogP contribution in [0.2, 0.25) is 5.02 Å². The predicted octanol–water partition coefficient (Wildman–Crippen LogP) is 3.06. The smallest absolute Gasteiger partial charge is 0.253 e. The van der Waals surface area contributed by atoms with Crippen molar-refractivity contribution in [2.24, 2.45) is 0 Å². The molecule has 0 bridgehead atoms. The number of hydrogen-bond acceptors (Lipinski definition) is 4. The topological polar surface area (TPSA) is 75.7 Å². The van der Waals surface area contributed by atoms with Crippen molar-refractivity contribution in [1.29, 1.82) is 0 Å². The van der Waals surface area contributed by atoms with Crippen molar-refractivity contribution in [1.82, 2.24) is 9.62 Å². The number of halogens is 1. The van der Waals surface area contributed by atoms with E-state index in [4.69, 9.17) is 16.3 Å². The first-order valence-corrected chi connectivity index (χ1v) is 10.9. The van der Waals surface area contributed by atoms with Crippen LogP contribution >= 0.6 is 11.6 Å². The van der Waals surface area contributed by atoms with E-state index in [1.54, 1.807) is 0 Å². The third-order valence-electron chi connectivity index (χ3n) is 4.41. The van der Waals surface area contributed by atoms with E-state index in [1.807, 2.05) is 6.92 Å². The third kappa shape index (κ3) is 5.42. The van der Waals surface area contributed by atoms with Gasteiger partial charge in [0.05, 0.1) is 28.7 Å². The van der Waals surface area contributed by atoms with Gasteiger partial charge in [-0.05, 0) is 31.5 Å². The lowest BCUT2D eigenvalue weighted by molar-refractivity contribution is 0.0730. The molecule has 1 aliphatic rings. The maximum Gasteiger partial charge on any atom is 0.253 e. The number of morpholine rings is 1.